The van der Waals surface area contributed by atoms with E-state index in [0.29, 0.717) is 29.9 Å². The van der Waals surface area contributed by atoms with E-state index in [1.165, 1.54) is 0 Å². The number of hydrogen-bond donors (Lipinski definition) is 3. The van der Waals surface area contributed by atoms with Crippen LogP contribution in [0.5, 0.6) is 0 Å². The highest BCUT2D eigenvalue weighted by atomic mass is 35.5. The Morgan fingerprint density at radius 3 is 2.42 bits per heavy atom. The number of aliphatic hydroxyl groups is 1. The summed E-state index contributed by atoms with van der Waals surface area (Å²) in [6.45, 7) is 1.82. The molecule has 3 N–H and O–H groups in total. The van der Waals surface area contributed by atoms with Gasteiger partial charge in [-0.3, -0.25) is 0 Å². The predicted octanol–water partition coefficient (Wildman–Crippen LogP) is 5.74. The Morgan fingerprint density at radius 2 is 1.72 bits per heavy atom. The number of rotatable bonds is 6. The largest absolute Gasteiger partial charge is 0.393 e. The van der Waals surface area contributed by atoms with E-state index in [0.717, 1.165) is 68.7 Å². The van der Waals surface area contributed by atoms with E-state index >= 15 is 0 Å². The molecule has 0 aromatic carbocycles. The molecule has 0 bridgehead atoms. The van der Waals surface area contributed by atoms with Gasteiger partial charge in [0.25, 0.3) is 0 Å². The summed E-state index contributed by atoms with van der Waals surface area (Å²) in [5.41, 5.74) is 1.87. The average Bonchev–Trinajstić information content (AvgIpc) is 2.86. The Bertz CT molecular complexity index is 1020. The van der Waals surface area contributed by atoms with Gasteiger partial charge in [0.2, 0.25) is 11.9 Å². The van der Waals surface area contributed by atoms with Gasteiger partial charge < -0.3 is 20.6 Å². The van der Waals surface area contributed by atoms with Crippen LogP contribution in [0.4, 0.5) is 26.2 Å². The van der Waals surface area contributed by atoms with Crippen LogP contribution < -0.4 is 10.6 Å². The number of alkyl halides is 2. The van der Waals surface area contributed by atoms with Gasteiger partial charge in [-0.1, -0.05) is 11.6 Å². The van der Waals surface area contributed by atoms with Gasteiger partial charge in [-0.25, -0.2) is 18.7 Å². The van der Waals surface area contributed by atoms with Crippen LogP contribution in [0, 0.1) is 0 Å². The van der Waals surface area contributed by atoms with Crippen molar-refractivity contribution in [3.05, 3.63) is 35.2 Å². The molecule has 5 rings (SSSR count). The third-order valence-electron chi connectivity index (χ3n) is 8.01. The first kappa shape index (κ1) is 25.5. The predicted molar refractivity (Wildman–Crippen MR) is 137 cm³/mol. The van der Waals surface area contributed by atoms with Crippen molar-refractivity contribution in [3.63, 3.8) is 0 Å². The van der Waals surface area contributed by atoms with Gasteiger partial charge in [0.15, 0.2) is 0 Å². The van der Waals surface area contributed by atoms with Crippen molar-refractivity contribution >= 4 is 29.1 Å². The SMILES string of the molecule is OC1CCC(Nc2nc(Nc3ccnc(Cl)c3)ncc2C2CCN(C3CCC(F)(F)CC3)CC2)CC1. The van der Waals surface area contributed by atoms with Crippen LogP contribution in [0.15, 0.2) is 24.5 Å². The molecule has 3 aliphatic rings. The zero-order valence-corrected chi connectivity index (χ0v) is 21.2. The summed E-state index contributed by atoms with van der Waals surface area (Å²) >= 11 is 6.03. The van der Waals surface area contributed by atoms with Gasteiger partial charge in [0, 0.05) is 48.6 Å². The number of hydrogen-bond acceptors (Lipinski definition) is 7. The molecule has 196 valence electrons. The number of nitrogens with zero attached hydrogens (tertiary/aromatic N) is 4. The van der Waals surface area contributed by atoms with E-state index in [1.54, 1.807) is 12.3 Å². The van der Waals surface area contributed by atoms with Crippen LogP contribution in [0.25, 0.3) is 0 Å². The molecule has 2 aliphatic carbocycles. The van der Waals surface area contributed by atoms with Crippen LogP contribution in [-0.2, 0) is 0 Å². The van der Waals surface area contributed by atoms with E-state index < -0.39 is 5.92 Å². The standard InChI is InChI=1S/C26H35ClF2N6O/c27-23-15-19(7-12-30-23)33-25-31-16-22(24(34-25)32-18-1-3-21(36)4-2-18)17-8-13-35(14-9-17)20-5-10-26(28,29)11-6-20/h7,12,15-18,20-21,36H,1-6,8-11,13-14H2,(H2,30,31,32,33,34). The Kier molecular flexibility index (Phi) is 7.88. The lowest BCUT2D eigenvalue weighted by Gasteiger charge is -2.41. The van der Waals surface area contributed by atoms with E-state index in [2.05, 4.69) is 25.5 Å². The highest BCUT2D eigenvalue weighted by molar-refractivity contribution is 6.29. The molecule has 0 amide bonds. The summed E-state index contributed by atoms with van der Waals surface area (Å²) in [6, 6.07) is 4.07. The van der Waals surface area contributed by atoms with E-state index in [9.17, 15) is 13.9 Å². The summed E-state index contributed by atoms with van der Waals surface area (Å²) in [4.78, 5) is 15.9. The van der Waals surface area contributed by atoms with Gasteiger partial charge in [-0.2, -0.15) is 4.98 Å². The fraction of sp³-hybridized carbons (Fsp3) is 0.654. The van der Waals surface area contributed by atoms with Crippen molar-refractivity contribution < 1.29 is 13.9 Å². The normalized spacial score (nSPS) is 26.0. The van der Waals surface area contributed by atoms with Crippen LogP contribution >= 0.6 is 11.6 Å². The van der Waals surface area contributed by atoms with Crippen LogP contribution in [0.2, 0.25) is 5.15 Å². The maximum atomic E-state index is 13.6. The molecule has 2 aromatic rings. The molecular formula is C26H35ClF2N6O. The van der Waals surface area contributed by atoms with Crippen molar-refractivity contribution in [2.75, 3.05) is 23.7 Å². The van der Waals surface area contributed by atoms with Gasteiger partial charge in [-0.05, 0) is 82.5 Å². The maximum absolute atomic E-state index is 13.6. The zero-order valence-electron chi connectivity index (χ0n) is 20.5. The molecule has 2 saturated carbocycles. The summed E-state index contributed by atoms with van der Waals surface area (Å²) in [5, 5.41) is 17.2. The third kappa shape index (κ3) is 6.42. The minimum atomic E-state index is -2.49. The number of likely N-dealkylation sites (tertiary alicyclic amines) is 1. The van der Waals surface area contributed by atoms with Crippen molar-refractivity contribution in [2.45, 2.75) is 94.2 Å². The lowest BCUT2D eigenvalue weighted by Crippen LogP contribution is -2.44. The highest BCUT2D eigenvalue weighted by Gasteiger charge is 2.38. The van der Waals surface area contributed by atoms with Crippen molar-refractivity contribution in [1.29, 1.82) is 0 Å². The smallest absolute Gasteiger partial charge is 0.248 e. The van der Waals surface area contributed by atoms with Gasteiger partial charge in [0.1, 0.15) is 11.0 Å². The summed E-state index contributed by atoms with van der Waals surface area (Å²) in [6.07, 6.45) is 9.81. The molecule has 1 aliphatic heterocycles. The Hall–Kier alpha value is -2.10. The second-order valence-electron chi connectivity index (χ2n) is 10.5. The molecule has 0 spiro atoms. The van der Waals surface area contributed by atoms with Crippen molar-refractivity contribution in [3.8, 4) is 0 Å². The van der Waals surface area contributed by atoms with Gasteiger partial charge in [-0.15, -0.1) is 0 Å². The number of aliphatic hydroxyl groups excluding tert-OH is 1. The highest BCUT2D eigenvalue weighted by Crippen LogP contribution is 2.39. The Balaban J connectivity index is 1.29. The minimum absolute atomic E-state index is 0.00669. The Morgan fingerprint density at radius 1 is 1.00 bits per heavy atom. The second kappa shape index (κ2) is 11.1. The first-order valence-corrected chi connectivity index (χ1v) is 13.5. The second-order valence-corrected chi connectivity index (χ2v) is 10.9. The van der Waals surface area contributed by atoms with Crippen molar-refractivity contribution in [2.24, 2.45) is 0 Å². The molecular weight excluding hydrogens is 486 g/mol. The minimum Gasteiger partial charge on any atom is -0.393 e. The number of piperidine rings is 1. The maximum Gasteiger partial charge on any atom is 0.248 e. The molecule has 7 nitrogen and oxygen atoms in total. The van der Waals surface area contributed by atoms with E-state index in [4.69, 9.17) is 16.6 Å². The monoisotopic (exact) mass is 520 g/mol. The first-order valence-electron chi connectivity index (χ1n) is 13.2. The van der Waals surface area contributed by atoms with Crippen LogP contribution in [0.1, 0.15) is 75.7 Å². The lowest BCUT2D eigenvalue weighted by molar-refractivity contribution is -0.0558. The Labute approximate surface area is 216 Å². The fourth-order valence-corrected chi connectivity index (χ4v) is 6.03. The molecule has 3 heterocycles. The third-order valence-corrected chi connectivity index (χ3v) is 8.22. The first-order chi connectivity index (χ1) is 17.3. The summed E-state index contributed by atoms with van der Waals surface area (Å²) < 4.78 is 27.2. The molecule has 1 saturated heterocycles. The summed E-state index contributed by atoms with van der Waals surface area (Å²) in [5.74, 6) is -0.851. The number of halogens is 3. The molecule has 10 heteroatoms. The quantitative estimate of drug-likeness (QED) is 0.418. The zero-order chi connectivity index (χ0) is 25.1. The molecule has 0 unspecified atom stereocenters. The van der Waals surface area contributed by atoms with Crippen LogP contribution in [0.3, 0.4) is 0 Å². The van der Waals surface area contributed by atoms with Gasteiger partial charge >= 0.3 is 0 Å². The summed E-state index contributed by atoms with van der Waals surface area (Å²) in [7, 11) is 0. The number of pyridine rings is 1. The van der Waals surface area contributed by atoms with E-state index in [1.807, 2.05) is 12.3 Å². The molecule has 3 fully saturated rings. The topological polar surface area (TPSA) is 86.2 Å². The van der Waals surface area contributed by atoms with Crippen molar-refractivity contribution in [1.82, 2.24) is 19.9 Å². The van der Waals surface area contributed by atoms with E-state index in [-0.39, 0.29) is 31.0 Å². The molecule has 0 radical (unpaired) electrons. The fourth-order valence-electron chi connectivity index (χ4n) is 5.85. The molecule has 0 atom stereocenters. The van der Waals surface area contributed by atoms with Gasteiger partial charge in [0.05, 0.1) is 6.10 Å². The molecule has 2 aromatic heterocycles. The molecule has 36 heavy (non-hydrogen) atoms. The number of anilines is 3. The average molecular weight is 521 g/mol. The lowest BCUT2D eigenvalue weighted by atomic mass is 9.86. The number of aromatic nitrogens is 3. The van der Waals surface area contributed by atoms with Crippen LogP contribution in [-0.4, -0.2) is 62.2 Å². The number of nitrogens with one attached hydrogen (secondary N) is 2.